The van der Waals surface area contributed by atoms with Crippen molar-refractivity contribution < 1.29 is 14.7 Å². The summed E-state index contributed by atoms with van der Waals surface area (Å²) in [6.07, 6.45) is 0. The van der Waals surface area contributed by atoms with E-state index in [1.165, 1.54) is 7.05 Å². The minimum absolute atomic E-state index is 0.123. The van der Waals surface area contributed by atoms with Crippen LogP contribution in [0, 0.1) is 0 Å². The number of benzene rings is 1. The average Bonchev–Trinajstić information content (AvgIpc) is 2.36. The zero-order valence-corrected chi connectivity index (χ0v) is 10.8. The number of nitrogens with one attached hydrogen (secondary N) is 1. The molecule has 0 atom stereocenters. The molecule has 0 radical (unpaired) electrons. The predicted octanol–water partition coefficient (Wildman–Crippen LogP) is 0.407. The zero-order chi connectivity index (χ0) is 13.5. The van der Waals surface area contributed by atoms with Crippen LogP contribution in [0.4, 0.5) is 0 Å². The lowest BCUT2D eigenvalue weighted by atomic mass is 10.2. The van der Waals surface area contributed by atoms with Gasteiger partial charge in [-0.3, -0.25) is 9.59 Å². The minimum Gasteiger partial charge on any atom is -0.395 e. The first-order chi connectivity index (χ1) is 8.56. The SMILES string of the molecule is CN(CCO)C(=O)C(=O)NCc1ccccc1Cl. The van der Waals surface area contributed by atoms with Crippen LogP contribution in [-0.4, -0.2) is 42.0 Å². The first-order valence-electron chi connectivity index (χ1n) is 5.43. The van der Waals surface area contributed by atoms with Crippen LogP contribution in [-0.2, 0) is 16.1 Å². The summed E-state index contributed by atoms with van der Waals surface area (Å²) in [5.41, 5.74) is 0.741. The maximum atomic E-state index is 11.5. The zero-order valence-electron chi connectivity index (χ0n) is 10.0. The Hall–Kier alpha value is -1.59. The maximum Gasteiger partial charge on any atom is 0.311 e. The average molecular weight is 271 g/mol. The molecule has 0 aliphatic carbocycles. The molecule has 18 heavy (non-hydrogen) atoms. The Morgan fingerprint density at radius 3 is 2.67 bits per heavy atom. The van der Waals surface area contributed by atoms with Crippen molar-refractivity contribution in [3.05, 3.63) is 34.9 Å². The second kappa shape index (κ2) is 6.98. The van der Waals surface area contributed by atoms with Gasteiger partial charge in [-0.25, -0.2) is 0 Å². The smallest absolute Gasteiger partial charge is 0.311 e. The summed E-state index contributed by atoms with van der Waals surface area (Å²) in [5.74, 6) is -1.40. The molecular weight excluding hydrogens is 256 g/mol. The lowest BCUT2D eigenvalue weighted by molar-refractivity contribution is -0.145. The van der Waals surface area contributed by atoms with Crippen LogP contribution in [0.1, 0.15) is 5.56 Å². The minimum atomic E-state index is -0.717. The van der Waals surface area contributed by atoms with Crippen LogP contribution in [0.2, 0.25) is 5.02 Å². The third-order valence-corrected chi connectivity index (χ3v) is 2.74. The van der Waals surface area contributed by atoms with Gasteiger partial charge in [0.25, 0.3) is 0 Å². The van der Waals surface area contributed by atoms with Gasteiger partial charge in [-0.2, -0.15) is 0 Å². The molecule has 1 aromatic carbocycles. The molecule has 0 spiro atoms. The molecule has 0 aliphatic heterocycles. The molecule has 1 rings (SSSR count). The van der Waals surface area contributed by atoms with E-state index in [2.05, 4.69) is 5.32 Å². The van der Waals surface area contributed by atoms with E-state index in [1.54, 1.807) is 24.3 Å². The van der Waals surface area contributed by atoms with Gasteiger partial charge in [0.15, 0.2) is 0 Å². The number of aliphatic hydroxyl groups is 1. The summed E-state index contributed by atoms with van der Waals surface area (Å²) in [5, 5.41) is 11.7. The topological polar surface area (TPSA) is 69.6 Å². The number of hydrogen-bond donors (Lipinski definition) is 2. The number of likely N-dealkylation sites (N-methyl/N-ethyl adjacent to an activating group) is 1. The molecule has 0 unspecified atom stereocenters. The van der Waals surface area contributed by atoms with Crippen molar-refractivity contribution in [1.82, 2.24) is 10.2 Å². The Bertz CT molecular complexity index is 437. The Labute approximate surface area is 110 Å². The van der Waals surface area contributed by atoms with Gasteiger partial charge in [-0.1, -0.05) is 29.8 Å². The van der Waals surface area contributed by atoms with Gasteiger partial charge in [0.05, 0.1) is 6.61 Å². The highest BCUT2D eigenvalue weighted by molar-refractivity contribution is 6.35. The summed E-state index contributed by atoms with van der Waals surface area (Å²) in [7, 11) is 1.45. The monoisotopic (exact) mass is 270 g/mol. The third-order valence-electron chi connectivity index (χ3n) is 2.37. The quantitative estimate of drug-likeness (QED) is 0.779. The highest BCUT2D eigenvalue weighted by Crippen LogP contribution is 2.14. The van der Waals surface area contributed by atoms with E-state index in [0.29, 0.717) is 5.02 Å². The molecule has 0 aliphatic rings. The number of halogens is 1. The first kappa shape index (κ1) is 14.5. The fourth-order valence-corrected chi connectivity index (χ4v) is 1.52. The Balaban J connectivity index is 2.51. The van der Waals surface area contributed by atoms with Gasteiger partial charge >= 0.3 is 11.8 Å². The van der Waals surface area contributed by atoms with Crippen LogP contribution < -0.4 is 5.32 Å². The lowest BCUT2D eigenvalue weighted by Crippen LogP contribution is -2.41. The second-order valence-electron chi connectivity index (χ2n) is 3.72. The highest BCUT2D eigenvalue weighted by Gasteiger charge is 2.17. The largest absolute Gasteiger partial charge is 0.395 e. The normalized spacial score (nSPS) is 9.94. The van der Waals surface area contributed by atoms with E-state index in [0.717, 1.165) is 10.5 Å². The molecule has 2 N–H and O–H groups in total. The van der Waals surface area contributed by atoms with E-state index < -0.39 is 11.8 Å². The number of aliphatic hydroxyl groups excluding tert-OH is 1. The molecule has 0 aromatic heterocycles. The van der Waals surface area contributed by atoms with E-state index in [1.807, 2.05) is 0 Å². The van der Waals surface area contributed by atoms with Gasteiger partial charge < -0.3 is 15.3 Å². The first-order valence-corrected chi connectivity index (χ1v) is 5.81. The molecule has 0 saturated heterocycles. The van der Waals surface area contributed by atoms with Crippen molar-refractivity contribution >= 4 is 23.4 Å². The Morgan fingerprint density at radius 1 is 1.39 bits per heavy atom. The summed E-state index contributed by atoms with van der Waals surface area (Å²) in [6.45, 7) is 0.135. The van der Waals surface area contributed by atoms with Crippen LogP contribution in [0.25, 0.3) is 0 Å². The predicted molar refractivity (Wildman–Crippen MR) is 68.0 cm³/mol. The molecule has 6 heteroatoms. The van der Waals surface area contributed by atoms with Gasteiger partial charge in [0.1, 0.15) is 0 Å². The van der Waals surface area contributed by atoms with Crippen molar-refractivity contribution in [3.63, 3.8) is 0 Å². The summed E-state index contributed by atoms with van der Waals surface area (Å²) in [6, 6.07) is 7.06. The fourth-order valence-electron chi connectivity index (χ4n) is 1.32. The molecule has 0 saturated carbocycles. The summed E-state index contributed by atoms with van der Waals surface area (Å²) in [4.78, 5) is 24.2. The van der Waals surface area contributed by atoms with Gasteiger partial charge in [0, 0.05) is 25.2 Å². The van der Waals surface area contributed by atoms with Gasteiger partial charge in [-0.15, -0.1) is 0 Å². The molecule has 0 fully saturated rings. The Morgan fingerprint density at radius 2 is 2.06 bits per heavy atom. The van der Waals surface area contributed by atoms with Gasteiger partial charge in [0.2, 0.25) is 0 Å². The van der Waals surface area contributed by atoms with Crippen LogP contribution in [0.5, 0.6) is 0 Å². The lowest BCUT2D eigenvalue weighted by Gasteiger charge is -2.15. The van der Waals surface area contributed by atoms with E-state index >= 15 is 0 Å². The van der Waals surface area contributed by atoms with Gasteiger partial charge in [-0.05, 0) is 11.6 Å². The molecule has 0 heterocycles. The summed E-state index contributed by atoms with van der Waals surface area (Å²) >= 11 is 5.92. The van der Waals surface area contributed by atoms with Crippen molar-refractivity contribution in [3.8, 4) is 0 Å². The molecule has 98 valence electrons. The number of carbonyl (C=O) groups excluding carboxylic acids is 2. The maximum absolute atomic E-state index is 11.5. The van der Waals surface area contributed by atoms with Crippen LogP contribution in [0.3, 0.4) is 0 Å². The third kappa shape index (κ3) is 4.01. The molecular formula is C12H15ClN2O3. The number of rotatable bonds is 4. The molecule has 2 amide bonds. The van der Waals surface area contributed by atoms with Crippen molar-refractivity contribution in [2.24, 2.45) is 0 Å². The van der Waals surface area contributed by atoms with E-state index in [9.17, 15) is 9.59 Å². The second-order valence-corrected chi connectivity index (χ2v) is 4.13. The molecule has 0 bridgehead atoms. The van der Waals surface area contributed by atoms with E-state index in [-0.39, 0.29) is 19.7 Å². The number of carbonyl (C=O) groups is 2. The highest BCUT2D eigenvalue weighted by atomic mass is 35.5. The van der Waals surface area contributed by atoms with Crippen molar-refractivity contribution in [2.75, 3.05) is 20.2 Å². The number of nitrogens with zero attached hydrogens (tertiary/aromatic N) is 1. The Kier molecular flexibility index (Phi) is 5.61. The summed E-state index contributed by atoms with van der Waals surface area (Å²) < 4.78 is 0. The molecule has 1 aromatic rings. The van der Waals surface area contributed by atoms with Crippen molar-refractivity contribution in [2.45, 2.75) is 6.54 Å². The van der Waals surface area contributed by atoms with Crippen LogP contribution >= 0.6 is 11.6 Å². The number of amides is 2. The van der Waals surface area contributed by atoms with Crippen molar-refractivity contribution in [1.29, 1.82) is 0 Å². The standard InChI is InChI=1S/C12H15ClN2O3/c1-15(6-7-16)12(18)11(17)14-8-9-4-2-3-5-10(9)13/h2-5,16H,6-8H2,1H3,(H,14,17). The molecule has 5 nitrogen and oxygen atoms in total. The number of hydrogen-bond acceptors (Lipinski definition) is 3. The van der Waals surface area contributed by atoms with E-state index in [4.69, 9.17) is 16.7 Å². The fraction of sp³-hybridized carbons (Fsp3) is 0.333. The van der Waals surface area contributed by atoms with Crippen LogP contribution in [0.15, 0.2) is 24.3 Å².